The second kappa shape index (κ2) is 7.68. The van der Waals surface area contributed by atoms with Crippen LogP contribution in [0.3, 0.4) is 0 Å². The van der Waals surface area contributed by atoms with Crippen LogP contribution in [0.5, 0.6) is 0 Å². The van der Waals surface area contributed by atoms with E-state index in [9.17, 15) is 9.59 Å². The lowest BCUT2D eigenvalue weighted by Crippen LogP contribution is -2.17. The molecular formula is C22H21N3O3. The molecule has 1 aromatic heterocycles. The summed E-state index contributed by atoms with van der Waals surface area (Å²) in [5, 5.41) is 5.15. The first-order valence-corrected chi connectivity index (χ1v) is 9.31. The highest BCUT2D eigenvalue weighted by Crippen LogP contribution is 2.29. The normalized spacial score (nSPS) is 13.5. The van der Waals surface area contributed by atoms with Gasteiger partial charge in [0, 0.05) is 22.2 Å². The minimum atomic E-state index is -0.390. The van der Waals surface area contributed by atoms with Crippen LogP contribution in [-0.4, -0.2) is 30.2 Å². The van der Waals surface area contributed by atoms with Crippen LogP contribution in [0.15, 0.2) is 47.6 Å². The molecule has 2 N–H and O–H groups in total. The summed E-state index contributed by atoms with van der Waals surface area (Å²) in [6.45, 7) is 0. The van der Waals surface area contributed by atoms with E-state index in [0.717, 1.165) is 29.3 Å². The number of aromatic nitrogens is 1. The molecule has 0 aliphatic heterocycles. The molecule has 0 unspecified atom stereocenters. The number of carbonyl (C=O) groups excluding carboxylic acids is 2. The Morgan fingerprint density at radius 1 is 1.07 bits per heavy atom. The molecule has 142 valence electrons. The number of benzene rings is 2. The first kappa shape index (κ1) is 18.0. The maximum atomic E-state index is 12.5. The number of methoxy groups -OCH3 is 1. The van der Waals surface area contributed by atoms with Gasteiger partial charge in [-0.15, -0.1) is 0 Å². The molecule has 4 rings (SSSR count). The molecule has 1 aliphatic rings. The van der Waals surface area contributed by atoms with E-state index in [2.05, 4.69) is 20.2 Å². The van der Waals surface area contributed by atoms with Gasteiger partial charge in [0.15, 0.2) is 0 Å². The summed E-state index contributed by atoms with van der Waals surface area (Å²) < 4.78 is 4.67. The Morgan fingerprint density at radius 2 is 1.82 bits per heavy atom. The number of aryl methyl sites for hydroxylation is 2. The van der Waals surface area contributed by atoms with E-state index < -0.39 is 0 Å². The van der Waals surface area contributed by atoms with Gasteiger partial charge in [-0.05, 0) is 67.1 Å². The van der Waals surface area contributed by atoms with Crippen LogP contribution in [-0.2, 0) is 17.6 Å². The van der Waals surface area contributed by atoms with E-state index in [1.807, 2.05) is 12.1 Å². The van der Waals surface area contributed by atoms with Gasteiger partial charge < -0.3 is 9.72 Å². The summed E-state index contributed by atoms with van der Waals surface area (Å²) in [4.78, 5) is 27.4. The highest BCUT2D eigenvalue weighted by atomic mass is 16.5. The molecule has 1 amide bonds. The summed E-state index contributed by atoms with van der Waals surface area (Å²) in [5.41, 5.74) is 8.09. The average molecular weight is 375 g/mol. The Kier molecular flexibility index (Phi) is 4.93. The van der Waals surface area contributed by atoms with Crippen LogP contribution in [0.4, 0.5) is 0 Å². The van der Waals surface area contributed by atoms with Gasteiger partial charge in [0.05, 0.1) is 18.9 Å². The number of rotatable bonds is 4. The molecule has 0 atom stereocenters. The molecule has 28 heavy (non-hydrogen) atoms. The van der Waals surface area contributed by atoms with Crippen molar-refractivity contribution in [3.63, 3.8) is 0 Å². The number of fused-ring (bicyclic) bond motifs is 3. The van der Waals surface area contributed by atoms with Crippen molar-refractivity contribution in [1.82, 2.24) is 10.4 Å². The van der Waals surface area contributed by atoms with Gasteiger partial charge in [-0.25, -0.2) is 10.2 Å². The Balaban J connectivity index is 1.46. The van der Waals surface area contributed by atoms with Gasteiger partial charge in [0.25, 0.3) is 5.91 Å². The molecule has 6 nitrogen and oxygen atoms in total. The summed E-state index contributed by atoms with van der Waals surface area (Å²) in [6, 6.07) is 12.5. The molecule has 1 heterocycles. The maximum absolute atomic E-state index is 12.5. The fourth-order valence-corrected chi connectivity index (χ4v) is 3.60. The lowest BCUT2D eigenvalue weighted by Gasteiger charge is -2.10. The van der Waals surface area contributed by atoms with Crippen molar-refractivity contribution in [1.29, 1.82) is 0 Å². The van der Waals surface area contributed by atoms with E-state index in [1.165, 1.54) is 37.4 Å². The third kappa shape index (κ3) is 3.53. The quantitative estimate of drug-likeness (QED) is 0.415. The molecule has 0 fully saturated rings. The van der Waals surface area contributed by atoms with Crippen molar-refractivity contribution in [2.45, 2.75) is 25.7 Å². The Morgan fingerprint density at radius 3 is 2.61 bits per heavy atom. The number of nitrogens with zero attached hydrogens (tertiary/aromatic N) is 1. The number of nitrogens with one attached hydrogen (secondary N) is 2. The molecule has 0 spiro atoms. The number of hydrogen-bond donors (Lipinski definition) is 2. The van der Waals surface area contributed by atoms with Crippen LogP contribution >= 0.6 is 0 Å². The lowest BCUT2D eigenvalue weighted by molar-refractivity contribution is 0.0600. The molecule has 0 saturated heterocycles. The molecule has 1 aliphatic carbocycles. The van der Waals surface area contributed by atoms with Crippen LogP contribution in [0.2, 0.25) is 0 Å². The van der Waals surface area contributed by atoms with Gasteiger partial charge in [-0.2, -0.15) is 5.10 Å². The van der Waals surface area contributed by atoms with Crippen molar-refractivity contribution < 1.29 is 14.3 Å². The van der Waals surface area contributed by atoms with Crippen molar-refractivity contribution in [3.8, 4) is 0 Å². The summed E-state index contributed by atoms with van der Waals surface area (Å²) in [7, 11) is 1.34. The fraction of sp³-hybridized carbons (Fsp3) is 0.227. The first-order chi connectivity index (χ1) is 13.7. The van der Waals surface area contributed by atoms with Crippen molar-refractivity contribution in [2.75, 3.05) is 7.11 Å². The summed E-state index contributed by atoms with van der Waals surface area (Å²) in [6.07, 6.45) is 6.07. The number of esters is 1. The minimum absolute atomic E-state index is 0.255. The topological polar surface area (TPSA) is 83.5 Å². The largest absolute Gasteiger partial charge is 0.465 e. The van der Waals surface area contributed by atoms with Gasteiger partial charge in [0.1, 0.15) is 0 Å². The molecular weight excluding hydrogens is 354 g/mol. The summed E-state index contributed by atoms with van der Waals surface area (Å²) >= 11 is 0. The molecule has 0 saturated carbocycles. The molecule has 3 aromatic rings. The van der Waals surface area contributed by atoms with Gasteiger partial charge in [-0.1, -0.05) is 12.1 Å². The zero-order valence-corrected chi connectivity index (χ0v) is 15.6. The number of amides is 1. The fourth-order valence-electron chi connectivity index (χ4n) is 3.60. The van der Waals surface area contributed by atoms with Gasteiger partial charge >= 0.3 is 5.97 Å². The van der Waals surface area contributed by atoms with Crippen molar-refractivity contribution in [2.24, 2.45) is 5.10 Å². The third-order valence-corrected chi connectivity index (χ3v) is 5.07. The Labute approximate surface area is 162 Å². The number of H-pyrrole nitrogens is 1. The number of hydrogen-bond acceptors (Lipinski definition) is 4. The van der Waals surface area contributed by atoms with E-state index in [1.54, 1.807) is 30.3 Å². The second-order valence-corrected chi connectivity index (χ2v) is 6.86. The maximum Gasteiger partial charge on any atom is 0.337 e. The smallest absolute Gasteiger partial charge is 0.337 e. The Bertz CT molecular complexity index is 1060. The van der Waals surface area contributed by atoms with Gasteiger partial charge in [-0.3, -0.25) is 4.79 Å². The molecule has 2 aromatic carbocycles. The highest BCUT2D eigenvalue weighted by molar-refractivity contribution is 5.99. The number of carbonyl (C=O) groups is 2. The molecule has 0 radical (unpaired) electrons. The number of ether oxygens (including phenoxy) is 1. The standard InChI is InChI=1S/C22H21N3O3/c1-28-22(27)15-8-6-14(7-9-15)13-23-25-21(26)16-10-11-20-18(12-16)17-4-2-3-5-19(17)24-20/h6-13,24H,2-5H2,1H3,(H,25,26)/b23-13+. The number of hydrazone groups is 1. The van der Waals surface area contributed by atoms with E-state index in [-0.39, 0.29) is 11.9 Å². The zero-order valence-electron chi connectivity index (χ0n) is 15.6. The lowest BCUT2D eigenvalue weighted by atomic mass is 9.95. The predicted molar refractivity (Wildman–Crippen MR) is 108 cm³/mol. The SMILES string of the molecule is COC(=O)c1ccc(/C=N/NC(=O)c2ccc3[nH]c4c(c3c2)CCCC4)cc1. The average Bonchev–Trinajstić information content (AvgIpc) is 3.11. The molecule has 0 bridgehead atoms. The molecule has 6 heteroatoms. The van der Waals surface area contributed by atoms with Crippen LogP contribution in [0.25, 0.3) is 10.9 Å². The Hall–Kier alpha value is -3.41. The van der Waals surface area contributed by atoms with Crippen LogP contribution in [0, 0.1) is 0 Å². The second-order valence-electron chi connectivity index (χ2n) is 6.86. The highest BCUT2D eigenvalue weighted by Gasteiger charge is 2.16. The van der Waals surface area contributed by atoms with Crippen LogP contribution in [0.1, 0.15) is 50.4 Å². The summed E-state index contributed by atoms with van der Waals surface area (Å²) in [5.74, 6) is -0.644. The van der Waals surface area contributed by atoms with Crippen LogP contribution < -0.4 is 5.43 Å². The van der Waals surface area contributed by atoms with E-state index in [4.69, 9.17) is 0 Å². The van der Waals surface area contributed by atoms with E-state index in [0.29, 0.717) is 11.1 Å². The van der Waals surface area contributed by atoms with Gasteiger partial charge in [0.2, 0.25) is 0 Å². The first-order valence-electron chi connectivity index (χ1n) is 9.31. The minimum Gasteiger partial charge on any atom is -0.465 e. The van der Waals surface area contributed by atoms with E-state index >= 15 is 0 Å². The van der Waals surface area contributed by atoms with Crippen molar-refractivity contribution in [3.05, 3.63) is 70.4 Å². The predicted octanol–water partition coefficient (Wildman–Crippen LogP) is 3.60. The number of aromatic amines is 1. The third-order valence-electron chi connectivity index (χ3n) is 5.07. The zero-order chi connectivity index (χ0) is 19.5. The monoisotopic (exact) mass is 375 g/mol. The van der Waals surface area contributed by atoms with Crippen molar-refractivity contribution >= 4 is 29.0 Å².